The molecule has 0 saturated carbocycles. The molecule has 2 aliphatic heterocycles. The van der Waals surface area contributed by atoms with Crippen LogP contribution in [0.5, 0.6) is 0 Å². The van der Waals surface area contributed by atoms with Crippen LogP contribution in [0.15, 0.2) is 30.9 Å². The van der Waals surface area contributed by atoms with Gasteiger partial charge in [0.05, 0.1) is 36.2 Å². The van der Waals surface area contributed by atoms with Crippen molar-refractivity contribution in [1.82, 2.24) is 20.0 Å². The molecule has 126 valence electrons. The molecule has 2 aliphatic rings. The zero-order valence-electron chi connectivity index (χ0n) is 13.3. The highest BCUT2D eigenvalue weighted by molar-refractivity contribution is 5.95. The highest BCUT2D eigenvalue weighted by Gasteiger charge is 2.37. The summed E-state index contributed by atoms with van der Waals surface area (Å²) in [6, 6.07) is 3.31. The van der Waals surface area contributed by atoms with Gasteiger partial charge in [0.2, 0.25) is 5.91 Å². The van der Waals surface area contributed by atoms with Crippen LogP contribution >= 0.6 is 0 Å². The Morgan fingerprint density at radius 1 is 1.42 bits per heavy atom. The van der Waals surface area contributed by atoms with Crippen LogP contribution in [0, 0.1) is 0 Å². The fraction of sp³-hybridized carbons (Fsp3) is 0.471. The van der Waals surface area contributed by atoms with Crippen LogP contribution in [0.3, 0.4) is 0 Å². The summed E-state index contributed by atoms with van der Waals surface area (Å²) in [6.07, 6.45) is 8.18. The van der Waals surface area contributed by atoms with Gasteiger partial charge in [-0.05, 0) is 31.4 Å². The summed E-state index contributed by atoms with van der Waals surface area (Å²) in [7, 11) is 0. The summed E-state index contributed by atoms with van der Waals surface area (Å²) in [4.78, 5) is 28.4. The van der Waals surface area contributed by atoms with E-state index in [4.69, 9.17) is 4.74 Å². The maximum absolute atomic E-state index is 12.6. The average molecular weight is 328 g/mol. The summed E-state index contributed by atoms with van der Waals surface area (Å²) >= 11 is 0. The Kier molecular flexibility index (Phi) is 3.93. The number of hydrogen-bond donors (Lipinski definition) is 2. The molecule has 2 aromatic rings. The highest BCUT2D eigenvalue weighted by Crippen LogP contribution is 2.23. The van der Waals surface area contributed by atoms with E-state index in [2.05, 4.69) is 15.6 Å². The molecule has 7 heteroatoms. The predicted octanol–water partition coefficient (Wildman–Crippen LogP) is 0.890. The van der Waals surface area contributed by atoms with E-state index >= 15 is 0 Å². The molecule has 1 unspecified atom stereocenters. The first-order chi connectivity index (χ1) is 11.7. The number of nitrogens with zero attached hydrogens (tertiary/aromatic N) is 2. The van der Waals surface area contributed by atoms with Crippen LogP contribution in [-0.2, 0) is 9.53 Å². The van der Waals surface area contributed by atoms with Gasteiger partial charge in [0.25, 0.3) is 5.91 Å². The topological polar surface area (TPSA) is 84.7 Å². The molecule has 2 aromatic heterocycles. The summed E-state index contributed by atoms with van der Waals surface area (Å²) in [5, 5.41) is 6.07. The van der Waals surface area contributed by atoms with Crippen molar-refractivity contribution in [1.29, 1.82) is 0 Å². The standard InChI is InChI=1S/C17H20N4O3/c22-15-4-3-13(16(20-15)14-2-1-7-24-14)19-17(23)11-5-6-21-10-18-9-12(21)8-11/h5-6,8-10,13-14,16H,1-4,7H2,(H,19,23)(H,20,22)/t13-,14?,16-/m0/s1. The minimum Gasteiger partial charge on any atom is -0.376 e. The number of rotatable bonds is 3. The molecule has 0 radical (unpaired) electrons. The number of pyridine rings is 1. The first-order valence-electron chi connectivity index (χ1n) is 8.34. The van der Waals surface area contributed by atoms with Gasteiger partial charge in [-0.25, -0.2) is 4.98 Å². The molecule has 4 rings (SSSR count). The number of nitrogens with one attached hydrogen (secondary N) is 2. The van der Waals surface area contributed by atoms with Gasteiger partial charge in [-0.3, -0.25) is 9.59 Å². The molecule has 7 nitrogen and oxygen atoms in total. The first-order valence-corrected chi connectivity index (χ1v) is 8.34. The number of imidazole rings is 1. The lowest BCUT2D eigenvalue weighted by Gasteiger charge is -2.36. The van der Waals surface area contributed by atoms with Gasteiger partial charge in [-0.2, -0.15) is 0 Å². The summed E-state index contributed by atoms with van der Waals surface area (Å²) in [6.45, 7) is 0.718. The van der Waals surface area contributed by atoms with Crippen molar-refractivity contribution >= 4 is 17.3 Å². The number of carbonyl (C=O) groups excluding carboxylic acids is 2. The quantitative estimate of drug-likeness (QED) is 0.876. The number of aromatic nitrogens is 2. The van der Waals surface area contributed by atoms with Crippen molar-refractivity contribution in [2.24, 2.45) is 0 Å². The normalized spacial score (nSPS) is 27.2. The number of piperidine rings is 1. The molecule has 2 amide bonds. The van der Waals surface area contributed by atoms with Gasteiger partial charge in [-0.1, -0.05) is 0 Å². The van der Waals surface area contributed by atoms with Gasteiger partial charge < -0.3 is 19.8 Å². The van der Waals surface area contributed by atoms with Gasteiger partial charge in [0.1, 0.15) is 0 Å². The zero-order valence-corrected chi connectivity index (χ0v) is 13.3. The molecule has 0 aromatic carbocycles. The van der Waals surface area contributed by atoms with Crippen LogP contribution in [0.1, 0.15) is 36.0 Å². The number of amides is 2. The Morgan fingerprint density at radius 2 is 2.33 bits per heavy atom. The van der Waals surface area contributed by atoms with Crippen molar-refractivity contribution in [2.45, 2.75) is 43.9 Å². The van der Waals surface area contributed by atoms with E-state index in [0.717, 1.165) is 25.0 Å². The molecular formula is C17H20N4O3. The summed E-state index contributed by atoms with van der Waals surface area (Å²) in [5.74, 6) is -0.107. The number of fused-ring (bicyclic) bond motifs is 1. The van der Waals surface area contributed by atoms with Crippen molar-refractivity contribution in [3.05, 3.63) is 36.4 Å². The van der Waals surface area contributed by atoms with E-state index in [-0.39, 0.29) is 30.0 Å². The van der Waals surface area contributed by atoms with E-state index in [1.807, 2.05) is 16.7 Å². The first kappa shape index (κ1) is 15.1. The molecule has 2 N–H and O–H groups in total. The lowest BCUT2D eigenvalue weighted by Crippen LogP contribution is -2.60. The van der Waals surface area contributed by atoms with E-state index in [9.17, 15) is 9.59 Å². The maximum atomic E-state index is 12.6. The van der Waals surface area contributed by atoms with Crippen LogP contribution < -0.4 is 10.6 Å². The second kappa shape index (κ2) is 6.24. The second-order valence-electron chi connectivity index (χ2n) is 6.40. The Hall–Kier alpha value is -2.41. The molecule has 0 spiro atoms. The van der Waals surface area contributed by atoms with Gasteiger partial charge in [0.15, 0.2) is 0 Å². The monoisotopic (exact) mass is 328 g/mol. The third-order valence-electron chi connectivity index (χ3n) is 4.80. The summed E-state index contributed by atoms with van der Waals surface area (Å²) < 4.78 is 7.58. The summed E-state index contributed by atoms with van der Waals surface area (Å²) in [5.41, 5.74) is 1.46. The van der Waals surface area contributed by atoms with E-state index in [1.54, 1.807) is 18.6 Å². The number of hydrogen-bond acceptors (Lipinski definition) is 4. The van der Waals surface area contributed by atoms with E-state index < -0.39 is 0 Å². The van der Waals surface area contributed by atoms with Crippen molar-refractivity contribution in [3.63, 3.8) is 0 Å². The third-order valence-corrected chi connectivity index (χ3v) is 4.80. The smallest absolute Gasteiger partial charge is 0.251 e. The zero-order chi connectivity index (χ0) is 16.5. The van der Waals surface area contributed by atoms with Crippen LogP contribution in [0.25, 0.3) is 5.52 Å². The lowest BCUT2D eigenvalue weighted by molar-refractivity contribution is -0.125. The van der Waals surface area contributed by atoms with E-state index in [0.29, 0.717) is 18.4 Å². The highest BCUT2D eigenvalue weighted by atomic mass is 16.5. The van der Waals surface area contributed by atoms with E-state index in [1.165, 1.54) is 0 Å². The van der Waals surface area contributed by atoms with Crippen molar-refractivity contribution in [3.8, 4) is 0 Å². The van der Waals surface area contributed by atoms with Crippen LogP contribution in [0.2, 0.25) is 0 Å². The number of ether oxygens (including phenoxy) is 1. The van der Waals surface area contributed by atoms with Gasteiger partial charge >= 0.3 is 0 Å². The van der Waals surface area contributed by atoms with Gasteiger partial charge in [0, 0.05) is 24.8 Å². The molecule has 4 heterocycles. The fourth-order valence-electron chi connectivity index (χ4n) is 3.54. The minimum atomic E-state index is -0.156. The molecule has 3 atom stereocenters. The predicted molar refractivity (Wildman–Crippen MR) is 86.6 cm³/mol. The largest absolute Gasteiger partial charge is 0.376 e. The van der Waals surface area contributed by atoms with Crippen LogP contribution in [0.4, 0.5) is 0 Å². The van der Waals surface area contributed by atoms with Gasteiger partial charge in [-0.15, -0.1) is 0 Å². The Bertz CT molecular complexity index is 766. The molecular weight excluding hydrogens is 308 g/mol. The molecule has 0 bridgehead atoms. The van der Waals surface area contributed by atoms with Crippen molar-refractivity contribution in [2.75, 3.05) is 6.61 Å². The van der Waals surface area contributed by atoms with Crippen LogP contribution in [-0.4, -0.2) is 46.0 Å². The SMILES string of the molecule is O=C1CC[C@H](NC(=O)c2ccn3cncc3c2)[C@@H](C2CCCO2)N1. The molecule has 0 aliphatic carbocycles. The fourth-order valence-corrected chi connectivity index (χ4v) is 3.54. The van der Waals surface area contributed by atoms with Crippen molar-refractivity contribution < 1.29 is 14.3 Å². The number of carbonyl (C=O) groups is 2. The maximum Gasteiger partial charge on any atom is 0.251 e. The Morgan fingerprint density at radius 3 is 3.17 bits per heavy atom. The molecule has 2 saturated heterocycles. The average Bonchev–Trinajstić information content (AvgIpc) is 3.27. The molecule has 24 heavy (non-hydrogen) atoms. The lowest BCUT2D eigenvalue weighted by atomic mass is 9.92. The Balaban J connectivity index is 1.51. The third kappa shape index (κ3) is 2.87. The molecule has 2 fully saturated rings. The minimum absolute atomic E-state index is 0.0168. The Labute approximate surface area is 139 Å². The second-order valence-corrected chi connectivity index (χ2v) is 6.40.